The van der Waals surface area contributed by atoms with Crippen molar-refractivity contribution in [3.63, 3.8) is 0 Å². The maximum absolute atomic E-state index is 6.52. The van der Waals surface area contributed by atoms with Crippen LogP contribution in [-0.2, 0) is 6.42 Å². The Morgan fingerprint density at radius 2 is 1.95 bits per heavy atom. The van der Waals surface area contributed by atoms with Crippen LogP contribution in [0.15, 0.2) is 30.5 Å². The first-order chi connectivity index (χ1) is 10.1. The van der Waals surface area contributed by atoms with E-state index in [-0.39, 0.29) is 6.04 Å². The number of rotatable bonds is 4. The van der Waals surface area contributed by atoms with Crippen LogP contribution in [0, 0.1) is 5.92 Å². The molecule has 3 rings (SSSR count). The van der Waals surface area contributed by atoms with Crippen molar-refractivity contribution in [1.29, 1.82) is 0 Å². The standard InChI is InChI=1S/C18H27N3/c1-12(2)16-8-5-9-18(21-16)15(19)10-13-11-20-17-7-4-3-6-14(13)17/h3-4,6-7,11-12,15-16,18,20-21H,5,8-10,19H2,1-2H3/t15-,16-,18+/m1/s1. The maximum Gasteiger partial charge on any atom is 0.0456 e. The lowest BCUT2D eigenvalue weighted by atomic mass is 9.87. The summed E-state index contributed by atoms with van der Waals surface area (Å²) in [7, 11) is 0. The Bertz CT molecular complexity index is 587. The summed E-state index contributed by atoms with van der Waals surface area (Å²) in [4.78, 5) is 3.35. The number of fused-ring (bicyclic) bond motifs is 1. The molecule has 1 aliphatic rings. The molecule has 2 heterocycles. The average Bonchev–Trinajstić information content (AvgIpc) is 2.91. The topological polar surface area (TPSA) is 53.8 Å². The Morgan fingerprint density at radius 1 is 1.19 bits per heavy atom. The van der Waals surface area contributed by atoms with Gasteiger partial charge in [-0.25, -0.2) is 0 Å². The van der Waals surface area contributed by atoms with Crippen molar-refractivity contribution in [2.75, 3.05) is 0 Å². The van der Waals surface area contributed by atoms with Crippen molar-refractivity contribution in [2.24, 2.45) is 11.7 Å². The summed E-state index contributed by atoms with van der Waals surface area (Å²) in [6.07, 6.45) is 6.84. The molecule has 4 N–H and O–H groups in total. The Balaban J connectivity index is 1.69. The summed E-state index contributed by atoms with van der Waals surface area (Å²) in [6.45, 7) is 4.59. The monoisotopic (exact) mass is 285 g/mol. The van der Waals surface area contributed by atoms with E-state index in [9.17, 15) is 0 Å². The minimum absolute atomic E-state index is 0.186. The third-order valence-corrected chi connectivity index (χ3v) is 4.91. The van der Waals surface area contributed by atoms with Gasteiger partial charge in [0.15, 0.2) is 0 Å². The fourth-order valence-electron chi connectivity index (χ4n) is 3.56. The highest BCUT2D eigenvalue weighted by atomic mass is 15.0. The van der Waals surface area contributed by atoms with Gasteiger partial charge < -0.3 is 16.0 Å². The highest BCUT2D eigenvalue weighted by molar-refractivity contribution is 5.83. The van der Waals surface area contributed by atoms with Crippen LogP contribution in [0.4, 0.5) is 0 Å². The van der Waals surface area contributed by atoms with Gasteiger partial charge in [0.2, 0.25) is 0 Å². The quantitative estimate of drug-likeness (QED) is 0.808. The summed E-state index contributed by atoms with van der Waals surface area (Å²) < 4.78 is 0. The van der Waals surface area contributed by atoms with E-state index < -0.39 is 0 Å². The van der Waals surface area contributed by atoms with Crippen LogP contribution in [0.2, 0.25) is 0 Å². The summed E-state index contributed by atoms with van der Waals surface area (Å²) in [6, 6.07) is 9.72. The highest BCUT2D eigenvalue weighted by Crippen LogP contribution is 2.23. The number of nitrogens with one attached hydrogen (secondary N) is 2. The lowest BCUT2D eigenvalue weighted by molar-refractivity contribution is 0.244. The zero-order valence-electron chi connectivity index (χ0n) is 13.1. The number of benzene rings is 1. The number of hydrogen-bond acceptors (Lipinski definition) is 2. The van der Waals surface area contributed by atoms with E-state index in [1.165, 1.54) is 35.7 Å². The van der Waals surface area contributed by atoms with Gasteiger partial charge in [0.25, 0.3) is 0 Å². The predicted molar refractivity (Wildman–Crippen MR) is 89.4 cm³/mol. The largest absolute Gasteiger partial charge is 0.361 e. The van der Waals surface area contributed by atoms with Crippen LogP contribution in [-0.4, -0.2) is 23.1 Å². The Labute approximate surface area is 127 Å². The van der Waals surface area contributed by atoms with Gasteiger partial charge in [-0.3, -0.25) is 0 Å². The second kappa shape index (κ2) is 6.20. The molecule has 1 aliphatic heterocycles. The molecule has 0 unspecified atom stereocenters. The number of H-pyrrole nitrogens is 1. The van der Waals surface area contributed by atoms with Crippen LogP contribution in [0.5, 0.6) is 0 Å². The molecule has 1 aromatic heterocycles. The molecule has 3 nitrogen and oxygen atoms in total. The Morgan fingerprint density at radius 3 is 2.76 bits per heavy atom. The number of aromatic nitrogens is 1. The van der Waals surface area contributed by atoms with Gasteiger partial charge in [-0.1, -0.05) is 38.5 Å². The van der Waals surface area contributed by atoms with Crippen LogP contribution in [0.1, 0.15) is 38.7 Å². The second-order valence-electron chi connectivity index (χ2n) is 6.78. The van der Waals surface area contributed by atoms with Crippen molar-refractivity contribution in [2.45, 2.75) is 57.7 Å². The zero-order valence-corrected chi connectivity index (χ0v) is 13.1. The second-order valence-corrected chi connectivity index (χ2v) is 6.78. The molecule has 1 aromatic carbocycles. The molecule has 0 spiro atoms. The zero-order chi connectivity index (χ0) is 14.8. The first kappa shape index (κ1) is 14.6. The Hall–Kier alpha value is -1.32. The van der Waals surface area contributed by atoms with E-state index in [0.717, 1.165) is 6.42 Å². The number of aromatic amines is 1. The minimum atomic E-state index is 0.186. The molecule has 0 amide bonds. The average molecular weight is 285 g/mol. The molecule has 21 heavy (non-hydrogen) atoms. The molecule has 1 saturated heterocycles. The molecule has 0 radical (unpaired) electrons. The fraction of sp³-hybridized carbons (Fsp3) is 0.556. The van der Waals surface area contributed by atoms with Crippen LogP contribution in [0.25, 0.3) is 10.9 Å². The third kappa shape index (κ3) is 3.14. The predicted octanol–water partition coefficient (Wildman–Crippen LogP) is 3.20. The molecule has 2 aromatic rings. The first-order valence-electron chi connectivity index (χ1n) is 8.22. The van der Waals surface area contributed by atoms with E-state index in [0.29, 0.717) is 18.0 Å². The third-order valence-electron chi connectivity index (χ3n) is 4.91. The summed E-state index contributed by atoms with van der Waals surface area (Å²) in [5.41, 5.74) is 9.06. The van der Waals surface area contributed by atoms with Crippen LogP contribution < -0.4 is 11.1 Å². The minimum Gasteiger partial charge on any atom is -0.361 e. The van der Waals surface area contributed by atoms with Gasteiger partial charge in [0, 0.05) is 35.2 Å². The summed E-state index contributed by atoms with van der Waals surface area (Å²) in [5.74, 6) is 0.688. The smallest absolute Gasteiger partial charge is 0.0456 e. The van der Waals surface area contributed by atoms with E-state index >= 15 is 0 Å². The molecule has 0 saturated carbocycles. The van der Waals surface area contributed by atoms with Gasteiger partial charge in [0.05, 0.1) is 0 Å². The van der Waals surface area contributed by atoms with E-state index in [1.807, 2.05) is 0 Å². The normalized spacial score (nSPS) is 24.6. The number of piperidine rings is 1. The van der Waals surface area contributed by atoms with Crippen molar-refractivity contribution in [3.05, 3.63) is 36.0 Å². The van der Waals surface area contributed by atoms with Crippen molar-refractivity contribution in [1.82, 2.24) is 10.3 Å². The molecule has 0 bridgehead atoms. The highest BCUT2D eigenvalue weighted by Gasteiger charge is 2.27. The number of nitrogens with two attached hydrogens (primary N) is 1. The fourth-order valence-corrected chi connectivity index (χ4v) is 3.56. The van der Waals surface area contributed by atoms with Gasteiger partial charge in [-0.2, -0.15) is 0 Å². The Kier molecular flexibility index (Phi) is 4.32. The lowest BCUT2D eigenvalue weighted by Gasteiger charge is -2.36. The van der Waals surface area contributed by atoms with Crippen molar-refractivity contribution in [3.8, 4) is 0 Å². The first-order valence-corrected chi connectivity index (χ1v) is 8.22. The van der Waals surface area contributed by atoms with Crippen molar-refractivity contribution >= 4 is 10.9 Å². The molecule has 114 valence electrons. The SMILES string of the molecule is CC(C)[C@H]1CCC[C@@H]([C@H](N)Cc2c[nH]c3ccccc23)N1. The van der Waals surface area contributed by atoms with Gasteiger partial charge >= 0.3 is 0 Å². The molecule has 1 fully saturated rings. The molecule has 0 aliphatic carbocycles. The molecule has 3 heteroatoms. The summed E-state index contributed by atoms with van der Waals surface area (Å²) >= 11 is 0. The van der Waals surface area contributed by atoms with Crippen molar-refractivity contribution < 1.29 is 0 Å². The van der Waals surface area contributed by atoms with E-state index in [2.05, 4.69) is 54.6 Å². The van der Waals surface area contributed by atoms with Gasteiger partial charge in [-0.05, 0) is 36.8 Å². The maximum atomic E-state index is 6.52. The van der Waals surface area contributed by atoms with Crippen LogP contribution in [0.3, 0.4) is 0 Å². The molecule has 3 atom stereocenters. The van der Waals surface area contributed by atoms with Gasteiger partial charge in [0.1, 0.15) is 0 Å². The number of para-hydroxylation sites is 1. The van der Waals surface area contributed by atoms with E-state index in [1.54, 1.807) is 0 Å². The molecular weight excluding hydrogens is 258 g/mol. The van der Waals surface area contributed by atoms with Gasteiger partial charge in [-0.15, -0.1) is 0 Å². The van der Waals surface area contributed by atoms with Crippen LogP contribution >= 0.6 is 0 Å². The number of hydrogen-bond donors (Lipinski definition) is 3. The summed E-state index contributed by atoms with van der Waals surface area (Å²) in [5, 5.41) is 5.09. The molecular formula is C18H27N3. The van der Waals surface area contributed by atoms with E-state index in [4.69, 9.17) is 5.73 Å². The lowest BCUT2D eigenvalue weighted by Crippen LogP contribution is -2.54.